The smallest absolute Gasteiger partial charge is 0.273 e. The number of ether oxygens (including phenoxy) is 1. The number of nitro benzene ring substituents is 1. The number of non-ortho nitro benzene ring substituents is 1. The first-order valence-electron chi connectivity index (χ1n) is 6.17. The Kier molecular flexibility index (Phi) is 3.69. The molecule has 1 aromatic rings. The summed E-state index contributed by atoms with van der Waals surface area (Å²) in [6.07, 6.45) is 0.710. The SMILES string of the molecule is CCC1(C)C(O)CC1Oc1cc([N+](=O)[O-])ccc1Cl. The molecule has 0 radical (unpaired) electrons. The van der Waals surface area contributed by atoms with Crippen molar-refractivity contribution in [3.8, 4) is 5.75 Å². The molecule has 104 valence electrons. The summed E-state index contributed by atoms with van der Waals surface area (Å²) in [6, 6.07) is 4.11. The second-order valence-electron chi connectivity index (χ2n) is 5.09. The standard InChI is InChI=1S/C13H16ClNO4/c1-3-13(2)11(16)7-12(13)19-10-6-8(15(17)18)4-5-9(10)14/h4-6,11-12,16H,3,7H2,1-2H3. The Labute approximate surface area is 116 Å². The minimum Gasteiger partial charge on any atom is -0.488 e. The number of nitro groups is 1. The molecule has 0 amide bonds. The van der Waals surface area contributed by atoms with Crippen LogP contribution in [-0.4, -0.2) is 22.2 Å². The van der Waals surface area contributed by atoms with Crippen LogP contribution in [0.15, 0.2) is 18.2 Å². The summed E-state index contributed by atoms with van der Waals surface area (Å²) in [5.41, 5.74) is -0.383. The highest BCUT2D eigenvalue weighted by atomic mass is 35.5. The Hall–Kier alpha value is -1.33. The van der Waals surface area contributed by atoms with E-state index in [4.69, 9.17) is 16.3 Å². The van der Waals surface area contributed by atoms with Gasteiger partial charge in [-0.3, -0.25) is 10.1 Å². The zero-order valence-corrected chi connectivity index (χ0v) is 11.6. The van der Waals surface area contributed by atoms with Crippen molar-refractivity contribution in [3.05, 3.63) is 33.3 Å². The summed E-state index contributed by atoms with van der Waals surface area (Å²) in [7, 11) is 0. The van der Waals surface area contributed by atoms with Gasteiger partial charge < -0.3 is 9.84 Å². The molecule has 5 nitrogen and oxygen atoms in total. The van der Waals surface area contributed by atoms with Crippen LogP contribution in [0.2, 0.25) is 5.02 Å². The number of nitrogens with zero attached hydrogens (tertiary/aromatic N) is 1. The van der Waals surface area contributed by atoms with E-state index in [2.05, 4.69) is 0 Å². The van der Waals surface area contributed by atoms with Crippen molar-refractivity contribution in [2.45, 2.75) is 38.9 Å². The molecule has 0 spiro atoms. The van der Waals surface area contributed by atoms with Gasteiger partial charge in [0.25, 0.3) is 5.69 Å². The van der Waals surface area contributed by atoms with E-state index in [-0.39, 0.29) is 17.2 Å². The van der Waals surface area contributed by atoms with Gasteiger partial charge >= 0.3 is 0 Å². The number of aliphatic hydroxyl groups is 1. The van der Waals surface area contributed by atoms with Crippen LogP contribution < -0.4 is 4.74 Å². The lowest BCUT2D eigenvalue weighted by atomic mass is 9.63. The van der Waals surface area contributed by atoms with Gasteiger partial charge in [-0.05, 0) is 12.5 Å². The third-order valence-electron chi connectivity index (χ3n) is 4.09. The predicted octanol–water partition coefficient (Wildman–Crippen LogP) is 3.18. The Morgan fingerprint density at radius 1 is 1.63 bits per heavy atom. The van der Waals surface area contributed by atoms with Crippen LogP contribution >= 0.6 is 11.6 Å². The van der Waals surface area contributed by atoms with Crippen LogP contribution in [0.4, 0.5) is 5.69 Å². The monoisotopic (exact) mass is 285 g/mol. The second-order valence-corrected chi connectivity index (χ2v) is 5.50. The Morgan fingerprint density at radius 3 is 2.84 bits per heavy atom. The number of halogens is 1. The normalized spacial score (nSPS) is 29.7. The van der Waals surface area contributed by atoms with E-state index in [0.29, 0.717) is 17.2 Å². The van der Waals surface area contributed by atoms with E-state index in [1.54, 1.807) is 0 Å². The second kappa shape index (κ2) is 4.98. The Balaban J connectivity index is 2.20. The third-order valence-corrected chi connectivity index (χ3v) is 4.40. The molecular formula is C13H16ClNO4. The lowest BCUT2D eigenvalue weighted by molar-refractivity contribution is -0.385. The first-order valence-corrected chi connectivity index (χ1v) is 6.55. The molecule has 0 saturated heterocycles. The van der Waals surface area contributed by atoms with E-state index in [9.17, 15) is 15.2 Å². The van der Waals surface area contributed by atoms with Crippen molar-refractivity contribution >= 4 is 17.3 Å². The molecule has 0 bridgehead atoms. The maximum atomic E-state index is 10.7. The van der Waals surface area contributed by atoms with E-state index in [1.807, 2.05) is 13.8 Å². The van der Waals surface area contributed by atoms with Crippen molar-refractivity contribution in [1.29, 1.82) is 0 Å². The molecular weight excluding hydrogens is 270 g/mol. The maximum absolute atomic E-state index is 10.7. The van der Waals surface area contributed by atoms with Crippen molar-refractivity contribution in [3.63, 3.8) is 0 Å². The zero-order valence-electron chi connectivity index (χ0n) is 10.8. The molecule has 3 atom stereocenters. The van der Waals surface area contributed by atoms with Crippen LogP contribution in [0.3, 0.4) is 0 Å². The lowest BCUT2D eigenvalue weighted by Gasteiger charge is -2.50. The van der Waals surface area contributed by atoms with Gasteiger partial charge in [-0.1, -0.05) is 25.4 Å². The van der Waals surface area contributed by atoms with Gasteiger partial charge in [0.05, 0.1) is 22.1 Å². The molecule has 1 aliphatic rings. The predicted molar refractivity (Wildman–Crippen MR) is 71.5 cm³/mol. The molecule has 1 fully saturated rings. The number of hydrogen-bond donors (Lipinski definition) is 1. The average molecular weight is 286 g/mol. The fourth-order valence-corrected chi connectivity index (χ4v) is 2.45. The summed E-state index contributed by atoms with van der Waals surface area (Å²) < 4.78 is 5.75. The van der Waals surface area contributed by atoms with Crippen molar-refractivity contribution in [2.75, 3.05) is 0 Å². The number of benzene rings is 1. The highest BCUT2D eigenvalue weighted by molar-refractivity contribution is 6.32. The van der Waals surface area contributed by atoms with Gasteiger partial charge in [0.15, 0.2) is 0 Å². The molecule has 6 heteroatoms. The average Bonchev–Trinajstić information content (AvgIpc) is 2.39. The fraction of sp³-hybridized carbons (Fsp3) is 0.538. The molecule has 2 rings (SSSR count). The quantitative estimate of drug-likeness (QED) is 0.681. The van der Waals surface area contributed by atoms with Gasteiger partial charge in [-0.15, -0.1) is 0 Å². The van der Waals surface area contributed by atoms with Crippen molar-refractivity contribution in [1.82, 2.24) is 0 Å². The Morgan fingerprint density at radius 2 is 2.32 bits per heavy atom. The van der Waals surface area contributed by atoms with E-state index in [1.165, 1.54) is 18.2 Å². The first kappa shape index (κ1) is 14.1. The largest absolute Gasteiger partial charge is 0.488 e. The summed E-state index contributed by atoms with van der Waals surface area (Å²) in [5.74, 6) is 0.299. The molecule has 3 unspecified atom stereocenters. The molecule has 1 N–H and O–H groups in total. The highest BCUT2D eigenvalue weighted by Crippen LogP contribution is 2.47. The van der Waals surface area contributed by atoms with E-state index in [0.717, 1.165) is 6.42 Å². The van der Waals surface area contributed by atoms with Crippen LogP contribution in [-0.2, 0) is 0 Å². The van der Waals surface area contributed by atoms with Gasteiger partial charge in [-0.25, -0.2) is 0 Å². The van der Waals surface area contributed by atoms with Crippen LogP contribution in [0.1, 0.15) is 26.7 Å². The molecule has 0 aliphatic heterocycles. The maximum Gasteiger partial charge on any atom is 0.273 e. The molecule has 0 heterocycles. The molecule has 1 aliphatic carbocycles. The minimum absolute atomic E-state index is 0.0579. The minimum atomic E-state index is -0.488. The van der Waals surface area contributed by atoms with Crippen molar-refractivity contribution in [2.24, 2.45) is 5.41 Å². The van der Waals surface area contributed by atoms with Gasteiger partial charge in [0, 0.05) is 17.9 Å². The van der Waals surface area contributed by atoms with E-state index < -0.39 is 11.0 Å². The zero-order chi connectivity index (χ0) is 14.2. The molecule has 1 saturated carbocycles. The highest BCUT2D eigenvalue weighted by Gasteiger charge is 2.51. The molecule has 1 aromatic carbocycles. The van der Waals surface area contributed by atoms with Gasteiger partial charge in [-0.2, -0.15) is 0 Å². The summed E-state index contributed by atoms with van der Waals surface area (Å²) >= 11 is 5.99. The van der Waals surface area contributed by atoms with Gasteiger partial charge in [0.1, 0.15) is 11.9 Å². The van der Waals surface area contributed by atoms with Crippen LogP contribution in [0.25, 0.3) is 0 Å². The third kappa shape index (κ3) is 2.40. The summed E-state index contributed by atoms with van der Waals surface area (Å²) in [5, 5.41) is 20.9. The van der Waals surface area contributed by atoms with Crippen LogP contribution in [0.5, 0.6) is 5.75 Å². The van der Waals surface area contributed by atoms with Crippen LogP contribution in [0, 0.1) is 15.5 Å². The Bertz CT molecular complexity index is 507. The van der Waals surface area contributed by atoms with Gasteiger partial charge in [0.2, 0.25) is 0 Å². The number of rotatable bonds is 4. The number of hydrogen-bond acceptors (Lipinski definition) is 4. The first-order chi connectivity index (χ1) is 8.88. The summed E-state index contributed by atoms with van der Waals surface area (Å²) in [6.45, 7) is 3.92. The fourth-order valence-electron chi connectivity index (χ4n) is 2.29. The van der Waals surface area contributed by atoms with E-state index >= 15 is 0 Å². The summed E-state index contributed by atoms with van der Waals surface area (Å²) in [4.78, 5) is 10.2. The molecule has 0 aromatic heterocycles. The van der Waals surface area contributed by atoms with Crippen molar-refractivity contribution < 1.29 is 14.8 Å². The topological polar surface area (TPSA) is 72.6 Å². The number of aliphatic hydroxyl groups excluding tert-OH is 1. The lowest BCUT2D eigenvalue weighted by Crippen LogP contribution is -2.57. The molecule has 19 heavy (non-hydrogen) atoms.